The first-order chi connectivity index (χ1) is 9.47. The Kier molecular flexibility index (Phi) is 6.02. The Morgan fingerprint density at radius 3 is 2.70 bits per heavy atom. The minimum Gasteiger partial charge on any atom is -0.484 e. The number of primary amides is 1. The van der Waals surface area contributed by atoms with Crippen molar-refractivity contribution in [3.05, 3.63) is 24.3 Å². The van der Waals surface area contributed by atoms with E-state index in [9.17, 15) is 14.4 Å². The van der Waals surface area contributed by atoms with Crippen LogP contribution in [-0.2, 0) is 14.4 Å². The summed E-state index contributed by atoms with van der Waals surface area (Å²) in [6.07, 6.45) is 0.173. The zero-order chi connectivity index (χ0) is 15.0. The summed E-state index contributed by atoms with van der Waals surface area (Å²) in [6, 6.07) is 6.60. The highest BCUT2D eigenvalue weighted by Gasteiger charge is 2.04. The molecule has 108 valence electrons. The molecule has 0 radical (unpaired) electrons. The first-order valence-corrected chi connectivity index (χ1v) is 6.03. The molecule has 4 N–H and O–H groups in total. The van der Waals surface area contributed by atoms with Crippen molar-refractivity contribution in [3.63, 3.8) is 0 Å². The smallest absolute Gasteiger partial charge is 0.255 e. The van der Waals surface area contributed by atoms with Crippen LogP contribution in [0.3, 0.4) is 0 Å². The molecule has 0 saturated carbocycles. The van der Waals surface area contributed by atoms with Crippen LogP contribution in [0.2, 0.25) is 0 Å². The molecule has 7 heteroatoms. The van der Waals surface area contributed by atoms with E-state index in [1.807, 2.05) is 0 Å². The van der Waals surface area contributed by atoms with E-state index in [2.05, 4.69) is 10.6 Å². The van der Waals surface area contributed by atoms with E-state index in [4.69, 9.17) is 10.5 Å². The number of benzene rings is 1. The number of carbonyl (C=O) groups is 3. The summed E-state index contributed by atoms with van der Waals surface area (Å²) in [5, 5.41) is 5.19. The molecule has 0 fully saturated rings. The lowest BCUT2D eigenvalue weighted by molar-refractivity contribution is -0.120. The van der Waals surface area contributed by atoms with Crippen molar-refractivity contribution >= 4 is 23.4 Å². The molecule has 0 spiro atoms. The maximum absolute atomic E-state index is 11.6. The lowest BCUT2D eigenvalue weighted by atomic mass is 10.3. The predicted octanol–water partition coefficient (Wildman–Crippen LogP) is 0.0154. The monoisotopic (exact) mass is 279 g/mol. The van der Waals surface area contributed by atoms with E-state index in [0.29, 0.717) is 11.4 Å². The number of nitrogens with one attached hydrogen (secondary N) is 2. The molecular weight excluding hydrogens is 262 g/mol. The maximum Gasteiger partial charge on any atom is 0.255 e. The second-order valence-electron chi connectivity index (χ2n) is 4.06. The van der Waals surface area contributed by atoms with Crippen LogP contribution in [0.25, 0.3) is 0 Å². The standard InChI is InChI=1S/C13H17N3O4/c1-9(17)15-6-5-13(19)16-10-3-2-4-11(7-10)20-8-12(14)18/h2-4,7H,5-6,8H2,1H3,(H2,14,18)(H,15,17)(H,16,19). The average molecular weight is 279 g/mol. The SMILES string of the molecule is CC(=O)NCCC(=O)Nc1cccc(OCC(N)=O)c1. The van der Waals surface area contributed by atoms with Gasteiger partial charge in [0, 0.05) is 31.6 Å². The van der Waals surface area contributed by atoms with Gasteiger partial charge in [-0.1, -0.05) is 6.07 Å². The van der Waals surface area contributed by atoms with Crippen LogP contribution in [0.1, 0.15) is 13.3 Å². The molecule has 0 aliphatic rings. The third kappa shape index (κ3) is 6.39. The molecule has 20 heavy (non-hydrogen) atoms. The lowest BCUT2D eigenvalue weighted by Crippen LogP contribution is -2.25. The summed E-state index contributed by atoms with van der Waals surface area (Å²) < 4.78 is 5.12. The number of hydrogen-bond acceptors (Lipinski definition) is 4. The molecule has 0 aliphatic heterocycles. The summed E-state index contributed by atoms with van der Waals surface area (Å²) in [4.78, 5) is 32.9. The molecule has 0 aromatic heterocycles. The molecule has 0 atom stereocenters. The van der Waals surface area contributed by atoms with Gasteiger partial charge in [0.25, 0.3) is 5.91 Å². The van der Waals surface area contributed by atoms with Gasteiger partial charge in [0.05, 0.1) is 0 Å². The van der Waals surface area contributed by atoms with Crippen molar-refractivity contribution in [3.8, 4) is 5.75 Å². The molecule has 1 rings (SSSR count). The van der Waals surface area contributed by atoms with Gasteiger partial charge in [0.1, 0.15) is 5.75 Å². The Morgan fingerprint density at radius 2 is 2.05 bits per heavy atom. The van der Waals surface area contributed by atoms with E-state index in [1.165, 1.54) is 6.92 Å². The van der Waals surface area contributed by atoms with Gasteiger partial charge in [-0.3, -0.25) is 14.4 Å². The fourth-order valence-corrected chi connectivity index (χ4v) is 1.39. The summed E-state index contributed by atoms with van der Waals surface area (Å²) >= 11 is 0. The topological polar surface area (TPSA) is 111 Å². The molecule has 1 aromatic rings. The first kappa shape index (κ1) is 15.5. The number of nitrogens with two attached hydrogens (primary N) is 1. The molecule has 0 saturated heterocycles. The summed E-state index contributed by atoms with van der Waals surface area (Å²) in [5.41, 5.74) is 5.51. The average Bonchev–Trinajstić information content (AvgIpc) is 2.36. The summed E-state index contributed by atoms with van der Waals surface area (Å²) in [5.74, 6) is -0.552. The van der Waals surface area contributed by atoms with Gasteiger partial charge in [-0.15, -0.1) is 0 Å². The third-order valence-corrected chi connectivity index (χ3v) is 2.22. The Morgan fingerprint density at radius 1 is 1.30 bits per heavy atom. The van der Waals surface area contributed by atoms with Crippen molar-refractivity contribution in [2.24, 2.45) is 5.73 Å². The highest BCUT2D eigenvalue weighted by molar-refractivity contribution is 5.91. The molecule has 1 aromatic carbocycles. The zero-order valence-electron chi connectivity index (χ0n) is 11.1. The summed E-state index contributed by atoms with van der Waals surface area (Å²) in [7, 11) is 0. The highest BCUT2D eigenvalue weighted by Crippen LogP contribution is 2.17. The normalized spacial score (nSPS) is 9.65. The largest absolute Gasteiger partial charge is 0.484 e. The minimum absolute atomic E-state index is 0.173. The fraction of sp³-hybridized carbons (Fsp3) is 0.308. The van der Waals surface area contributed by atoms with Crippen molar-refractivity contribution in [2.75, 3.05) is 18.5 Å². The van der Waals surface area contributed by atoms with Gasteiger partial charge in [0.15, 0.2) is 6.61 Å². The van der Waals surface area contributed by atoms with E-state index in [1.54, 1.807) is 24.3 Å². The summed E-state index contributed by atoms with van der Waals surface area (Å²) in [6.45, 7) is 1.44. The van der Waals surface area contributed by atoms with Gasteiger partial charge in [-0.25, -0.2) is 0 Å². The molecule has 0 unspecified atom stereocenters. The Hall–Kier alpha value is -2.57. The van der Waals surface area contributed by atoms with Crippen molar-refractivity contribution < 1.29 is 19.1 Å². The molecule has 0 heterocycles. The van der Waals surface area contributed by atoms with Crippen LogP contribution in [0, 0.1) is 0 Å². The van der Waals surface area contributed by atoms with E-state index in [0.717, 1.165) is 0 Å². The van der Waals surface area contributed by atoms with Crippen molar-refractivity contribution in [1.29, 1.82) is 0 Å². The zero-order valence-corrected chi connectivity index (χ0v) is 11.1. The predicted molar refractivity (Wildman–Crippen MR) is 73.1 cm³/mol. The van der Waals surface area contributed by atoms with Crippen LogP contribution in [0.15, 0.2) is 24.3 Å². The molecule has 3 amide bonds. The van der Waals surface area contributed by atoms with Gasteiger partial charge in [-0.2, -0.15) is 0 Å². The Labute approximate surface area is 116 Å². The second-order valence-corrected chi connectivity index (χ2v) is 4.06. The van der Waals surface area contributed by atoms with Crippen LogP contribution in [0.5, 0.6) is 5.75 Å². The van der Waals surface area contributed by atoms with Gasteiger partial charge >= 0.3 is 0 Å². The third-order valence-electron chi connectivity index (χ3n) is 2.22. The number of ether oxygens (including phenoxy) is 1. The second kappa shape index (κ2) is 7.78. The molecular formula is C13H17N3O4. The lowest BCUT2D eigenvalue weighted by Gasteiger charge is -2.08. The van der Waals surface area contributed by atoms with Crippen molar-refractivity contribution in [1.82, 2.24) is 5.32 Å². The van der Waals surface area contributed by atoms with Gasteiger partial charge in [0.2, 0.25) is 11.8 Å². The Bertz CT molecular complexity index is 502. The molecule has 0 bridgehead atoms. The highest BCUT2D eigenvalue weighted by atomic mass is 16.5. The Balaban J connectivity index is 2.46. The number of anilines is 1. The number of carbonyl (C=O) groups excluding carboxylic acids is 3. The van der Waals surface area contributed by atoms with Crippen LogP contribution in [0.4, 0.5) is 5.69 Å². The van der Waals surface area contributed by atoms with Crippen LogP contribution < -0.4 is 21.1 Å². The van der Waals surface area contributed by atoms with E-state index >= 15 is 0 Å². The quantitative estimate of drug-likeness (QED) is 0.653. The van der Waals surface area contributed by atoms with Gasteiger partial charge < -0.3 is 21.1 Å². The number of hydrogen-bond donors (Lipinski definition) is 3. The number of amides is 3. The van der Waals surface area contributed by atoms with Crippen LogP contribution >= 0.6 is 0 Å². The van der Waals surface area contributed by atoms with Crippen molar-refractivity contribution in [2.45, 2.75) is 13.3 Å². The number of rotatable bonds is 7. The van der Waals surface area contributed by atoms with E-state index < -0.39 is 5.91 Å². The van der Waals surface area contributed by atoms with Crippen LogP contribution in [-0.4, -0.2) is 30.9 Å². The molecule has 7 nitrogen and oxygen atoms in total. The van der Waals surface area contributed by atoms with E-state index in [-0.39, 0.29) is 31.4 Å². The fourth-order valence-electron chi connectivity index (χ4n) is 1.39. The van der Waals surface area contributed by atoms with Gasteiger partial charge in [-0.05, 0) is 12.1 Å². The minimum atomic E-state index is -0.574. The first-order valence-electron chi connectivity index (χ1n) is 6.03. The molecule has 0 aliphatic carbocycles. The maximum atomic E-state index is 11.6.